The molecule has 12 aromatic rings. The van der Waals surface area contributed by atoms with Crippen LogP contribution in [0, 0.1) is 0 Å². The molecular weight excluding hydrogens is 965 g/mol. The minimum absolute atomic E-state index is 0.790. The summed E-state index contributed by atoms with van der Waals surface area (Å²) in [6, 6.07) is 74.4. The van der Waals surface area contributed by atoms with Crippen LogP contribution in [-0.4, -0.2) is 37.6 Å². The van der Waals surface area contributed by atoms with E-state index in [9.17, 15) is 0 Å². The van der Waals surface area contributed by atoms with E-state index in [1.165, 1.54) is 33.2 Å². The molecule has 14 rings (SSSR count). The summed E-state index contributed by atoms with van der Waals surface area (Å²) in [5, 5.41) is 4.61. The number of aromatic nitrogens is 2. The molecule has 2 aliphatic rings. The van der Waals surface area contributed by atoms with Crippen LogP contribution in [0.1, 0.15) is 36.1 Å². The Hall–Kier alpha value is -9.60. The molecular formula is C69H56N4O5. The molecule has 0 saturated carbocycles. The van der Waals surface area contributed by atoms with Crippen molar-refractivity contribution in [2.24, 2.45) is 0 Å². The Balaban J connectivity index is 1.01. The van der Waals surface area contributed by atoms with Crippen molar-refractivity contribution in [1.82, 2.24) is 9.13 Å². The second-order valence-corrected chi connectivity index (χ2v) is 20.0. The van der Waals surface area contributed by atoms with Gasteiger partial charge in [-0.1, -0.05) is 48.5 Å². The third-order valence-corrected chi connectivity index (χ3v) is 16.3. The average Bonchev–Trinajstić information content (AvgIpc) is 4.21. The molecule has 0 saturated heterocycles. The maximum atomic E-state index is 6.91. The molecule has 0 N–H and O–H groups in total. The fourth-order valence-corrected chi connectivity index (χ4v) is 12.9. The fraction of sp³-hybridized carbons (Fsp3) is 0.130. The van der Waals surface area contributed by atoms with Crippen LogP contribution in [0.4, 0.5) is 34.1 Å². The summed E-state index contributed by atoms with van der Waals surface area (Å²) in [6.45, 7) is 6.08. The zero-order chi connectivity index (χ0) is 52.8. The summed E-state index contributed by atoms with van der Waals surface area (Å²) in [4.78, 5) is 4.75. The Morgan fingerprint density at radius 3 is 1.08 bits per heavy atom. The van der Waals surface area contributed by atoms with Crippen LogP contribution in [0.5, 0.6) is 34.5 Å². The van der Waals surface area contributed by atoms with Crippen LogP contribution >= 0.6 is 0 Å². The van der Waals surface area contributed by atoms with Gasteiger partial charge in [0.25, 0.3) is 0 Å². The lowest BCUT2D eigenvalue weighted by Gasteiger charge is -2.40. The number of fused-ring (bicyclic) bond motifs is 15. The Morgan fingerprint density at radius 1 is 0.346 bits per heavy atom. The van der Waals surface area contributed by atoms with Crippen molar-refractivity contribution in [3.8, 4) is 45.6 Å². The van der Waals surface area contributed by atoms with E-state index in [1.807, 2.05) is 36.4 Å². The van der Waals surface area contributed by atoms with Crippen molar-refractivity contribution in [2.45, 2.75) is 32.4 Å². The number of anilines is 6. The smallest absolute Gasteiger partial charge is 0.132 e. The van der Waals surface area contributed by atoms with Crippen LogP contribution in [0.2, 0.25) is 0 Å². The highest BCUT2D eigenvalue weighted by Gasteiger charge is 2.51. The number of para-hydroxylation sites is 2. The molecule has 78 heavy (non-hydrogen) atoms. The van der Waals surface area contributed by atoms with E-state index >= 15 is 0 Å². The van der Waals surface area contributed by atoms with Gasteiger partial charge in [-0.3, -0.25) is 0 Å². The lowest BCUT2D eigenvalue weighted by Crippen LogP contribution is -2.32. The SMILES string of the molecule is CCn1c2ccc(OC)cc2c2cc(N(c3ccc(OC)cc3)c3ccc4c(c3)C3(c5ccccc5Oc5ccccc53)c3cc(N(c5ccc(OC)cc5)c5ccc6c(c5)c5cc(OC)ccc5n6CC)ccc3-4)ccc21. The summed E-state index contributed by atoms with van der Waals surface area (Å²) in [5.74, 6) is 4.88. The first kappa shape index (κ1) is 46.9. The van der Waals surface area contributed by atoms with Crippen molar-refractivity contribution >= 4 is 77.7 Å². The van der Waals surface area contributed by atoms with Crippen LogP contribution in [-0.2, 0) is 18.5 Å². The van der Waals surface area contributed by atoms with Gasteiger partial charge in [-0.25, -0.2) is 0 Å². The van der Waals surface area contributed by atoms with E-state index in [4.69, 9.17) is 23.7 Å². The Bertz CT molecular complexity index is 4070. The normalized spacial score (nSPS) is 12.8. The Kier molecular flexibility index (Phi) is 11.0. The van der Waals surface area contributed by atoms with Crippen molar-refractivity contribution in [1.29, 1.82) is 0 Å². The second kappa shape index (κ2) is 18.3. The van der Waals surface area contributed by atoms with E-state index in [0.717, 1.165) is 126 Å². The molecule has 1 spiro atoms. The van der Waals surface area contributed by atoms with Gasteiger partial charge in [0.2, 0.25) is 0 Å². The predicted molar refractivity (Wildman–Crippen MR) is 317 cm³/mol. The highest BCUT2D eigenvalue weighted by atomic mass is 16.5. The van der Waals surface area contributed by atoms with Crippen LogP contribution in [0.25, 0.3) is 54.7 Å². The summed E-state index contributed by atoms with van der Waals surface area (Å²) in [7, 11) is 6.88. The zero-order valence-electron chi connectivity index (χ0n) is 44.4. The highest BCUT2D eigenvalue weighted by Crippen LogP contribution is 2.63. The molecule has 382 valence electrons. The van der Waals surface area contributed by atoms with Gasteiger partial charge in [0, 0.05) is 102 Å². The first-order chi connectivity index (χ1) is 38.4. The van der Waals surface area contributed by atoms with Gasteiger partial charge in [0.1, 0.15) is 34.5 Å². The number of rotatable bonds is 12. The Morgan fingerprint density at radius 2 is 0.679 bits per heavy atom. The zero-order valence-corrected chi connectivity index (χ0v) is 44.4. The van der Waals surface area contributed by atoms with E-state index in [0.29, 0.717) is 0 Å². The topological polar surface area (TPSA) is 62.5 Å². The molecule has 0 radical (unpaired) electrons. The molecule has 0 bridgehead atoms. The van der Waals surface area contributed by atoms with E-state index < -0.39 is 5.41 Å². The van der Waals surface area contributed by atoms with Gasteiger partial charge >= 0.3 is 0 Å². The van der Waals surface area contributed by atoms with Crippen molar-refractivity contribution < 1.29 is 23.7 Å². The number of hydrogen-bond donors (Lipinski definition) is 0. The number of methoxy groups -OCH3 is 4. The molecule has 3 heterocycles. The van der Waals surface area contributed by atoms with Gasteiger partial charge in [-0.15, -0.1) is 0 Å². The molecule has 1 aliphatic carbocycles. The predicted octanol–water partition coefficient (Wildman–Crippen LogP) is 17.4. The lowest BCUT2D eigenvalue weighted by molar-refractivity contribution is 0.414. The summed E-state index contributed by atoms with van der Waals surface area (Å²) in [5.41, 5.74) is 16.8. The van der Waals surface area contributed by atoms with Gasteiger partial charge in [-0.05, 0) is 194 Å². The Labute approximate surface area is 453 Å². The highest BCUT2D eigenvalue weighted by molar-refractivity contribution is 6.11. The average molecular weight is 1020 g/mol. The minimum atomic E-state index is -0.802. The van der Waals surface area contributed by atoms with E-state index in [-0.39, 0.29) is 0 Å². The summed E-state index contributed by atoms with van der Waals surface area (Å²) in [6.07, 6.45) is 0. The molecule has 10 aromatic carbocycles. The number of ether oxygens (including phenoxy) is 5. The standard InChI is InChI=1S/C69H56N4O5/c1-7-70-63-33-23-45(37-55(63)57-41-51(76-5)29-35-65(57)70)72(43-17-25-49(74-3)26-18-43)47-21-31-53-54-32-22-48(40-62(54)69(61(53)39-47)59-13-9-11-15-67(59)78-68-16-12-10-14-60(68)69)73(44-19-27-50(75-4)28-20-44)46-24-34-64-56(38-46)58-42-52(77-6)30-36-66(58)71(64)8-2/h9-42H,7-8H2,1-6H3. The van der Waals surface area contributed by atoms with Crippen LogP contribution < -0.4 is 33.5 Å². The van der Waals surface area contributed by atoms with Gasteiger partial charge < -0.3 is 42.6 Å². The summed E-state index contributed by atoms with van der Waals surface area (Å²) >= 11 is 0. The maximum Gasteiger partial charge on any atom is 0.132 e. The third kappa shape index (κ3) is 6.93. The molecule has 9 nitrogen and oxygen atoms in total. The fourth-order valence-electron chi connectivity index (χ4n) is 12.9. The third-order valence-electron chi connectivity index (χ3n) is 16.3. The molecule has 9 heteroatoms. The number of hydrogen-bond acceptors (Lipinski definition) is 7. The monoisotopic (exact) mass is 1020 g/mol. The van der Waals surface area contributed by atoms with Gasteiger partial charge in [-0.2, -0.15) is 0 Å². The van der Waals surface area contributed by atoms with Crippen LogP contribution in [0.15, 0.2) is 206 Å². The second-order valence-electron chi connectivity index (χ2n) is 20.0. The van der Waals surface area contributed by atoms with Crippen molar-refractivity contribution in [2.75, 3.05) is 38.2 Å². The van der Waals surface area contributed by atoms with Gasteiger partial charge in [0.15, 0.2) is 0 Å². The first-order valence-corrected chi connectivity index (χ1v) is 26.6. The van der Waals surface area contributed by atoms with Crippen LogP contribution in [0.3, 0.4) is 0 Å². The lowest BCUT2D eigenvalue weighted by atomic mass is 9.66. The maximum absolute atomic E-state index is 6.91. The van der Waals surface area contributed by atoms with E-state index in [1.54, 1.807) is 28.4 Å². The van der Waals surface area contributed by atoms with Gasteiger partial charge in [0.05, 0.1) is 33.9 Å². The number of aryl methyl sites for hydroxylation is 2. The summed E-state index contributed by atoms with van der Waals surface area (Å²) < 4.78 is 34.7. The van der Waals surface area contributed by atoms with E-state index in [2.05, 4.69) is 203 Å². The largest absolute Gasteiger partial charge is 0.497 e. The molecule has 0 unspecified atom stereocenters. The quantitative estimate of drug-likeness (QED) is 0.121. The molecule has 0 atom stereocenters. The molecule has 0 amide bonds. The first-order valence-electron chi connectivity index (χ1n) is 26.6. The van der Waals surface area contributed by atoms with Crippen molar-refractivity contribution in [3.05, 3.63) is 229 Å². The molecule has 1 aliphatic heterocycles. The molecule has 0 fully saturated rings. The number of benzene rings is 10. The molecule has 2 aromatic heterocycles. The van der Waals surface area contributed by atoms with Crippen molar-refractivity contribution in [3.63, 3.8) is 0 Å². The number of nitrogens with zero attached hydrogens (tertiary/aromatic N) is 4. The minimum Gasteiger partial charge on any atom is -0.497 e.